The van der Waals surface area contributed by atoms with Crippen molar-refractivity contribution < 1.29 is 14.3 Å². The summed E-state index contributed by atoms with van der Waals surface area (Å²) in [4.78, 5) is 11.4. The summed E-state index contributed by atoms with van der Waals surface area (Å²) in [5.41, 5.74) is 4.35. The molecule has 0 radical (unpaired) electrons. The number of aryl methyl sites for hydroxylation is 1. The molecule has 7 heteroatoms. The fourth-order valence-electron chi connectivity index (χ4n) is 4.07. The van der Waals surface area contributed by atoms with Gasteiger partial charge in [-0.3, -0.25) is 14.2 Å². The van der Waals surface area contributed by atoms with E-state index in [1.807, 2.05) is 49.5 Å². The molecule has 0 unspecified atom stereocenters. The van der Waals surface area contributed by atoms with Crippen molar-refractivity contribution in [1.82, 2.24) is 19.6 Å². The molecule has 0 aliphatic heterocycles. The number of carboxylic acid groups (broad SMARTS) is 1. The van der Waals surface area contributed by atoms with Crippen molar-refractivity contribution >= 4 is 27.8 Å². The van der Waals surface area contributed by atoms with Gasteiger partial charge in [0, 0.05) is 29.8 Å². The molecule has 0 bridgehead atoms. The second-order valence-corrected chi connectivity index (χ2v) is 7.52. The van der Waals surface area contributed by atoms with Gasteiger partial charge in [0.2, 0.25) is 0 Å². The minimum Gasteiger partial charge on any atom is -0.480 e. The molecule has 2 aromatic heterocycles. The Bertz CT molecular complexity index is 1440. The normalized spacial score (nSPS) is 11.4. The van der Waals surface area contributed by atoms with Crippen molar-refractivity contribution in [1.29, 1.82) is 0 Å². The molecule has 6 nitrogen and oxygen atoms in total. The van der Waals surface area contributed by atoms with Crippen LogP contribution in [0, 0.1) is 5.82 Å². The lowest BCUT2D eigenvalue weighted by Crippen LogP contribution is -2.10. The van der Waals surface area contributed by atoms with Gasteiger partial charge in [-0.05, 0) is 29.3 Å². The first-order valence-electron chi connectivity index (χ1n) is 9.87. The van der Waals surface area contributed by atoms with Gasteiger partial charge in [0.25, 0.3) is 0 Å². The molecule has 31 heavy (non-hydrogen) atoms. The number of benzene rings is 3. The fourth-order valence-corrected chi connectivity index (χ4v) is 4.07. The summed E-state index contributed by atoms with van der Waals surface area (Å²) in [6.07, 6.45) is 2.14. The first-order chi connectivity index (χ1) is 15.0. The lowest BCUT2D eigenvalue weighted by molar-refractivity contribution is -0.137. The van der Waals surface area contributed by atoms with Gasteiger partial charge in [-0.2, -0.15) is 10.2 Å². The third kappa shape index (κ3) is 3.34. The summed E-state index contributed by atoms with van der Waals surface area (Å²) in [5.74, 6) is -1.34. The zero-order valence-electron chi connectivity index (χ0n) is 16.8. The molecule has 0 atom stereocenters. The minimum atomic E-state index is -0.983. The second-order valence-electron chi connectivity index (χ2n) is 7.52. The van der Waals surface area contributed by atoms with Gasteiger partial charge in [-0.25, -0.2) is 4.39 Å². The van der Waals surface area contributed by atoms with Gasteiger partial charge in [0.05, 0.1) is 22.9 Å². The summed E-state index contributed by atoms with van der Waals surface area (Å²) in [7, 11) is 1.82. The fraction of sp³-hybridized carbons (Fsp3) is 0.125. The van der Waals surface area contributed by atoms with Gasteiger partial charge < -0.3 is 5.11 Å². The first-order valence-corrected chi connectivity index (χ1v) is 9.87. The number of halogens is 1. The molecule has 0 saturated carbocycles. The van der Waals surface area contributed by atoms with Crippen LogP contribution in [-0.2, 0) is 24.8 Å². The SMILES string of the molecule is Cn1ncc2cc(F)c(-c3cccc4c3c(Cc3ccccc3)nn4CC(=O)O)cc21. The van der Waals surface area contributed by atoms with Crippen LogP contribution in [-0.4, -0.2) is 30.6 Å². The predicted octanol–water partition coefficient (Wildman–Crippen LogP) is 4.40. The summed E-state index contributed by atoms with van der Waals surface area (Å²) < 4.78 is 18.3. The number of aliphatic carboxylic acids is 1. The molecule has 0 saturated heterocycles. The summed E-state index contributed by atoms with van der Waals surface area (Å²) in [6, 6.07) is 18.6. The van der Waals surface area contributed by atoms with Crippen LogP contribution >= 0.6 is 0 Å². The second kappa shape index (κ2) is 7.36. The molecule has 3 aromatic carbocycles. The Balaban J connectivity index is 1.77. The molecular formula is C24H19FN4O2. The highest BCUT2D eigenvalue weighted by Crippen LogP contribution is 2.35. The predicted molar refractivity (Wildman–Crippen MR) is 116 cm³/mol. The maximum absolute atomic E-state index is 15.2. The van der Waals surface area contributed by atoms with Gasteiger partial charge in [-0.15, -0.1) is 0 Å². The van der Waals surface area contributed by atoms with Crippen LogP contribution in [0.4, 0.5) is 4.39 Å². The molecule has 0 aliphatic carbocycles. The van der Waals surface area contributed by atoms with E-state index in [-0.39, 0.29) is 12.4 Å². The van der Waals surface area contributed by atoms with Crippen molar-refractivity contribution in [2.45, 2.75) is 13.0 Å². The van der Waals surface area contributed by atoms with Crippen molar-refractivity contribution in [3.05, 3.63) is 83.9 Å². The van der Waals surface area contributed by atoms with Crippen LogP contribution < -0.4 is 0 Å². The zero-order valence-corrected chi connectivity index (χ0v) is 16.8. The molecule has 0 aliphatic rings. The van der Waals surface area contributed by atoms with Crippen molar-refractivity contribution in [2.24, 2.45) is 7.05 Å². The highest BCUT2D eigenvalue weighted by atomic mass is 19.1. The highest BCUT2D eigenvalue weighted by Gasteiger charge is 2.19. The van der Waals surface area contributed by atoms with Gasteiger partial charge in [-0.1, -0.05) is 42.5 Å². The zero-order chi connectivity index (χ0) is 21.5. The number of carbonyl (C=O) groups is 1. The number of rotatable bonds is 5. The number of aromatic nitrogens is 4. The van der Waals surface area contributed by atoms with E-state index in [2.05, 4.69) is 10.2 Å². The maximum atomic E-state index is 15.2. The van der Waals surface area contributed by atoms with Crippen LogP contribution in [0.1, 0.15) is 11.3 Å². The molecule has 0 spiro atoms. The monoisotopic (exact) mass is 414 g/mol. The number of hydrogen-bond acceptors (Lipinski definition) is 3. The molecule has 0 fully saturated rings. The van der Waals surface area contributed by atoms with Gasteiger partial charge in [0.15, 0.2) is 0 Å². The molecular weight excluding hydrogens is 395 g/mol. The van der Waals surface area contributed by atoms with E-state index in [0.29, 0.717) is 28.8 Å². The van der Waals surface area contributed by atoms with Crippen molar-refractivity contribution in [3.8, 4) is 11.1 Å². The lowest BCUT2D eigenvalue weighted by Gasteiger charge is -2.09. The first kappa shape index (κ1) is 19.0. The Labute approximate surface area is 177 Å². The van der Waals surface area contributed by atoms with Crippen molar-refractivity contribution in [3.63, 3.8) is 0 Å². The Morgan fingerprint density at radius 3 is 2.61 bits per heavy atom. The summed E-state index contributed by atoms with van der Waals surface area (Å²) in [6.45, 7) is -0.266. The molecule has 1 N–H and O–H groups in total. The van der Waals surface area contributed by atoms with Crippen LogP contribution in [0.5, 0.6) is 0 Å². The van der Waals surface area contributed by atoms with Crippen LogP contribution in [0.25, 0.3) is 32.9 Å². The number of hydrogen-bond donors (Lipinski definition) is 1. The largest absolute Gasteiger partial charge is 0.480 e. The van der Waals surface area contributed by atoms with Gasteiger partial charge >= 0.3 is 5.97 Å². The Kier molecular flexibility index (Phi) is 4.51. The quantitative estimate of drug-likeness (QED) is 0.463. The number of fused-ring (bicyclic) bond motifs is 2. The van der Waals surface area contributed by atoms with Crippen LogP contribution in [0.15, 0.2) is 66.9 Å². The van der Waals surface area contributed by atoms with E-state index in [1.165, 1.54) is 10.7 Å². The van der Waals surface area contributed by atoms with E-state index in [4.69, 9.17) is 0 Å². The average Bonchev–Trinajstić information content (AvgIpc) is 3.28. The standard InChI is InChI=1S/C24H19FN4O2/c1-28-22-12-18(19(25)11-16(22)13-26-28)17-8-5-9-21-24(17)20(27-29(21)14-23(30)31)10-15-6-3-2-4-7-15/h2-9,11-13H,10,14H2,1H3,(H,30,31). The minimum absolute atomic E-state index is 0.266. The molecule has 5 aromatic rings. The van der Waals surface area contributed by atoms with E-state index >= 15 is 4.39 Å². The maximum Gasteiger partial charge on any atom is 0.325 e. The smallest absolute Gasteiger partial charge is 0.325 e. The molecule has 2 heterocycles. The summed E-state index contributed by atoms with van der Waals surface area (Å²) >= 11 is 0. The van der Waals surface area contributed by atoms with Crippen LogP contribution in [0.3, 0.4) is 0 Å². The third-order valence-electron chi connectivity index (χ3n) is 5.48. The Morgan fingerprint density at radius 1 is 1.03 bits per heavy atom. The molecule has 0 amide bonds. The average molecular weight is 414 g/mol. The van der Waals surface area contributed by atoms with Crippen molar-refractivity contribution in [2.75, 3.05) is 0 Å². The van der Waals surface area contributed by atoms with Crippen LogP contribution in [0.2, 0.25) is 0 Å². The topological polar surface area (TPSA) is 72.9 Å². The molecule has 5 rings (SSSR count). The lowest BCUT2D eigenvalue weighted by atomic mass is 9.96. The molecule has 154 valence electrons. The number of carboxylic acids is 1. The van der Waals surface area contributed by atoms with Gasteiger partial charge in [0.1, 0.15) is 12.4 Å². The van der Waals surface area contributed by atoms with E-state index < -0.39 is 5.97 Å². The number of nitrogens with zero attached hydrogens (tertiary/aromatic N) is 4. The highest BCUT2D eigenvalue weighted by molar-refractivity contribution is 5.99. The summed E-state index contributed by atoms with van der Waals surface area (Å²) in [5, 5.41) is 19.7. The van der Waals surface area contributed by atoms with E-state index in [9.17, 15) is 9.90 Å². The van der Waals surface area contributed by atoms with E-state index in [1.54, 1.807) is 23.0 Å². The Hall–Kier alpha value is -4.00. The third-order valence-corrected chi connectivity index (χ3v) is 5.48. The van der Waals surface area contributed by atoms with E-state index in [0.717, 1.165) is 21.9 Å². The Morgan fingerprint density at radius 2 is 1.84 bits per heavy atom.